The van der Waals surface area contributed by atoms with E-state index in [-0.39, 0.29) is 11.6 Å². The molecule has 0 radical (unpaired) electrons. The minimum Gasteiger partial charge on any atom is -0.493 e. The standard InChI is InChI=1S/C11H13ClF2O3/c1-15-8-3-7(5-12)4-9(16-2)11(8)17-6-10(13)14/h3-4,10H,5-6H2,1-2H3. The summed E-state index contributed by atoms with van der Waals surface area (Å²) in [5, 5.41) is 0. The summed E-state index contributed by atoms with van der Waals surface area (Å²) in [4.78, 5) is 0. The molecule has 1 aromatic carbocycles. The van der Waals surface area contributed by atoms with Gasteiger partial charge in [0.25, 0.3) is 6.43 Å². The first-order chi connectivity index (χ1) is 8.12. The van der Waals surface area contributed by atoms with E-state index in [0.717, 1.165) is 5.56 Å². The van der Waals surface area contributed by atoms with Crippen LogP contribution >= 0.6 is 11.6 Å². The van der Waals surface area contributed by atoms with Crippen LogP contribution in [0.4, 0.5) is 8.78 Å². The summed E-state index contributed by atoms with van der Waals surface area (Å²) in [6.07, 6.45) is -2.56. The fraction of sp³-hybridized carbons (Fsp3) is 0.455. The maximum atomic E-state index is 12.1. The van der Waals surface area contributed by atoms with Gasteiger partial charge in [-0.2, -0.15) is 0 Å². The van der Waals surface area contributed by atoms with Crippen LogP contribution in [0.25, 0.3) is 0 Å². The van der Waals surface area contributed by atoms with E-state index in [1.807, 2.05) is 0 Å². The minimum atomic E-state index is -2.56. The summed E-state index contributed by atoms with van der Waals surface area (Å²) >= 11 is 5.69. The highest BCUT2D eigenvalue weighted by molar-refractivity contribution is 6.17. The van der Waals surface area contributed by atoms with Crippen molar-refractivity contribution >= 4 is 11.6 Å². The summed E-state index contributed by atoms with van der Waals surface area (Å²) in [6.45, 7) is -0.715. The molecule has 3 nitrogen and oxygen atoms in total. The van der Waals surface area contributed by atoms with Crippen LogP contribution in [-0.4, -0.2) is 27.3 Å². The average Bonchev–Trinajstić information content (AvgIpc) is 2.34. The molecule has 0 aliphatic carbocycles. The Morgan fingerprint density at radius 1 is 1.18 bits per heavy atom. The number of benzene rings is 1. The molecule has 1 rings (SSSR count). The number of ether oxygens (including phenoxy) is 3. The molecule has 0 aliphatic rings. The lowest BCUT2D eigenvalue weighted by molar-refractivity contribution is 0.0789. The molecular weight excluding hydrogens is 254 g/mol. The Balaban J connectivity index is 3.06. The number of hydrogen-bond donors (Lipinski definition) is 0. The lowest BCUT2D eigenvalue weighted by Crippen LogP contribution is -2.09. The molecule has 0 saturated heterocycles. The molecular formula is C11H13ClF2O3. The molecule has 6 heteroatoms. The second-order valence-electron chi connectivity index (χ2n) is 3.17. The van der Waals surface area contributed by atoms with E-state index in [1.165, 1.54) is 14.2 Å². The van der Waals surface area contributed by atoms with Crippen LogP contribution in [0.15, 0.2) is 12.1 Å². The minimum absolute atomic E-state index is 0.157. The van der Waals surface area contributed by atoms with E-state index in [4.69, 9.17) is 25.8 Å². The van der Waals surface area contributed by atoms with Gasteiger partial charge < -0.3 is 14.2 Å². The molecule has 0 fully saturated rings. The number of hydrogen-bond acceptors (Lipinski definition) is 3. The van der Waals surface area contributed by atoms with E-state index in [2.05, 4.69) is 0 Å². The van der Waals surface area contributed by atoms with Crippen LogP contribution in [0.3, 0.4) is 0 Å². The second-order valence-corrected chi connectivity index (χ2v) is 3.43. The summed E-state index contributed by atoms with van der Waals surface area (Å²) < 4.78 is 39.3. The summed E-state index contributed by atoms with van der Waals surface area (Å²) in [5.41, 5.74) is 0.754. The molecule has 17 heavy (non-hydrogen) atoms. The van der Waals surface area contributed by atoms with Crippen LogP contribution in [-0.2, 0) is 5.88 Å². The van der Waals surface area contributed by atoms with Gasteiger partial charge in [0.15, 0.2) is 11.5 Å². The molecule has 0 aromatic heterocycles. The van der Waals surface area contributed by atoms with Crippen molar-refractivity contribution < 1.29 is 23.0 Å². The van der Waals surface area contributed by atoms with Gasteiger partial charge in [0.2, 0.25) is 5.75 Å². The topological polar surface area (TPSA) is 27.7 Å². The molecule has 0 N–H and O–H groups in total. The van der Waals surface area contributed by atoms with Crippen LogP contribution in [0, 0.1) is 0 Å². The van der Waals surface area contributed by atoms with Crippen molar-refractivity contribution in [2.24, 2.45) is 0 Å². The van der Waals surface area contributed by atoms with Gasteiger partial charge in [0, 0.05) is 5.88 Å². The molecule has 0 saturated carbocycles. The van der Waals surface area contributed by atoms with Crippen molar-refractivity contribution in [3.05, 3.63) is 17.7 Å². The highest BCUT2D eigenvalue weighted by atomic mass is 35.5. The van der Waals surface area contributed by atoms with Gasteiger partial charge in [-0.05, 0) is 17.7 Å². The van der Waals surface area contributed by atoms with E-state index in [9.17, 15) is 8.78 Å². The van der Waals surface area contributed by atoms with Crippen LogP contribution in [0.1, 0.15) is 5.56 Å². The van der Waals surface area contributed by atoms with E-state index in [0.29, 0.717) is 11.5 Å². The van der Waals surface area contributed by atoms with Gasteiger partial charge in [-0.25, -0.2) is 8.78 Å². The van der Waals surface area contributed by atoms with Crippen molar-refractivity contribution in [1.29, 1.82) is 0 Å². The van der Waals surface area contributed by atoms with Gasteiger partial charge in [-0.3, -0.25) is 0 Å². The van der Waals surface area contributed by atoms with Gasteiger partial charge in [-0.1, -0.05) is 0 Å². The maximum Gasteiger partial charge on any atom is 0.272 e. The third-order valence-corrected chi connectivity index (χ3v) is 2.34. The molecule has 0 bridgehead atoms. The highest BCUT2D eigenvalue weighted by Gasteiger charge is 2.15. The quantitative estimate of drug-likeness (QED) is 0.741. The predicted molar refractivity (Wildman–Crippen MR) is 60.6 cm³/mol. The lowest BCUT2D eigenvalue weighted by atomic mass is 10.2. The maximum absolute atomic E-state index is 12.1. The van der Waals surface area contributed by atoms with Crippen molar-refractivity contribution in [2.45, 2.75) is 12.3 Å². The van der Waals surface area contributed by atoms with Crippen LogP contribution < -0.4 is 14.2 Å². The molecule has 0 heterocycles. The fourth-order valence-electron chi connectivity index (χ4n) is 1.30. The average molecular weight is 267 g/mol. The van der Waals surface area contributed by atoms with Gasteiger partial charge in [-0.15, -0.1) is 11.6 Å². The molecule has 0 atom stereocenters. The Bertz CT molecular complexity index is 347. The third kappa shape index (κ3) is 3.63. The Morgan fingerprint density at radius 3 is 2.06 bits per heavy atom. The van der Waals surface area contributed by atoms with Gasteiger partial charge in [0.05, 0.1) is 14.2 Å². The predicted octanol–water partition coefficient (Wildman–Crippen LogP) is 3.09. The zero-order valence-corrected chi connectivity index (χ0v) is 10.3. The van der Waals surface area contributed by atoms with E-state index >= 15 is 0 Å². The summed E-state index contributed by atoms with van der Waals surface area (Å²) in [6, 6.07) is 3.24. The monoisotopic (exact) mass is 266 g/mol. The molecule has 0 spiro atoms. The first-order valence-electron chi connectivity index (χ1n) is 4.84. The van der Waals surface area contributed by atoms with Gasteiger partial charge in [0.1, 0.15) is 6.61 Å². The molecule has 0 aliphatic heterocycles. The Labute approximate surface area is 103 Å². The SMILES string of the molecule is COc1cc(CCl)cc(OC)c1OCC(F)F. The first-order valence-corrected chi connectivity index (χ1v) is 5.37. The molecule has 1 aromatic rings. The number of alkyl halides is 3. The van der Waals surface area contributed by atoms with E-state index < -0.39 is 13.0 Å². The van der Waals surface area contributed by atoms with Crippen molar-refractivity contribution in [3.8, 4) is 17.2 Å². The molecule has 0 unspecified atom stereocenters. The second kappa shape index (κ2) is 6.49. The largest absolute Gasteiger partial charge is 0.493 e. The molecule has 0 amide bonds. The van der Waals surface area contributed by atoms with Crippen molar-refractivity contribution in [2.75, 3.05) is 20.8 Å². The van der Waals surface area contributed by atoms with Crippen molar-refractivity contribution in [3.63, 3.8) is 0 Å². The van der Waals surface area contributed by atoms with Crippen molar-refractivity contribution in [1.82, 2.24) is 0 Å². The Hall–Kier alpha value is -1.23. The highest BCUT2D eigenvalue weighted by Crippen LogP contribution is 2.39. The number of halogens is 3. The number of methoxy groups -OCH3 is 2. The van der Waals surface area contributed by atoms with Gasteiger partial charge >= 0.3 is 0 Å². The first kappa shape index (κ1) is 13.8. The van der Waals surface area contributed by atoms with Crippen LogP contribution in [0.5, 0.6) is 17.2 Å². The Morgan fingerprint density at radius 2 is 1.71 bits per heavy atom. The fourth-order valence-corrected chi connectivity index (χ4v) is 1.45. The zero-order valence-electron chi connectivity index (χ0n) is 9.50. The molecule has 96 valence electrons. The number of rotatable bonds is 6. The normalized spacial score (nSPS) is 10.5. The third-order valence-electron chi connectivity index (χ3n) is 2.03. The van der Waals surface area contributed by atoms with Crippen LogP contribution in [0.2, 0.25) is 0 Å². The Kier molecular flexibility index (Phi) is 5.28. The summed E-state index contributed by atoms with van der Waals surface area (Å²) in [5.74, 6) is 1.06. The van der Waals surface area contributed by atoms with E-state index in [1.54, 1.807) is 12.1 Å². The lowest BCUT2D eigenvalue weighted by Gasteiger charge is -2.15. The zero-order chi connectivity index (χ0) is 12.8. The summed E-state index contributed by atoms with van der Waals surface area (Å²) in [7, 11) is 2.84. The smallest absolute Gasteiger partial charge is 0.272 e.